The first-order chi connectivity index (χ1) is 6.31. The van der Waals surface area contributed by atoms with Crippen molar-refractivity contribution in [2.75, 3.05) is 6.26 Å². The maximum atomic E-state index is 11.5. The van der Waals surface area contributed by atoms with Gasteiger partial charge in [-0.15, -0.1) is 11.8 Å². The smallest absolute Gasteiger partial charge is 0.139 e. The number of carbonyl (C=O) groups is 1. The van der Waals surface area contributed by atoms with E-state index in [2.05, 4.69) is 12.3 Å². The predicted molar refractivity (Wildman–Crippen MR) is 51.5 cm³/mol. The Bertz CT molecular complexity index is 297. The molecule has 2 aliphatic heterocycles. The molecule has 0 spiro atoms. The highest BCUT2D eigenvalue weighted by atomic mass is 32.2. The van der Waals surface area contributed by atoms with E-state index >= 15 is 0 Å². The van der Waals surface area contributed by atoms with E-state index < -0.39 is 0 Å². The normalized spacial score (nSPS) is 46.8. The Hall–Kier alpha value is -0.280. The summed E-state index contributed by atoms with van der Waals surface area (Å²) in [5.41, 5.74) is 0. The van der Waals surface area contributed by atoms with E-state index in [0.29, 0.717) is 11.7 Å². The molecule has 70 valence electrons. The summed E-state index contributed by atoms with van der Waals surface area (Å²) in [7, 11) is 0. The summed E-state index contributed by atoms with van der Waals surface area (Å²) in [5, 5.41) is 0. The van der Waals surface area contributed by atoms with Crippen LogP contribution < -0.4 is 0 Å². The zero-order valence-electron chi connectivity index (χ0n) is 7.53. The fourth-order valence-corrected chi connectivity index (χ4v) is 3.61. The maximum Gasteiger partial charge on any atom is 0.139 e. The van der Waals surface area contributed by atoms with Gasteiger partial charge in [0.25, 0.3) is 0 Å². The molecule has 0 aromatic heterocycles. The second-order valence-corrected chi connectivity index (χ2v) is 4.87. The van der Waals surface area contributed by atoms with Gasteiger partial charge in [0, 0.05) is 17.2 Å². The van der Waals surface area contributed by atoms with Gasteiger partial charge in [-0.25, -0.2) is 0 Å². The number of ether oxygens (including phenoxy) is 1. The van der Waals surface area contributed by atoms with E-state index in [1.807, 2.05) is 0 Å². The molecule has 0 unspecified atom stereocenters. The van der Waals surface area contributed by atoms with Gasteiger partial charge in [0.15, 0.2) is 0 Å². The summed E-state index contributed by atoms with van der Waals surface area (Å²) in [4.78, 5) is 12.9. The molecule has 3 heteroatoms. The molecule has 2 nitrogen and oxygen atoms in total. The van der Waals surface area contributed by atoms with Crippen molar-refractivity contribution >= 4 is 17.5 Å². The largest absolute Gasteiger partial charge is 0.365 e. The molecule has 1 saturated heterocycles. The van der Waals surface area contributed by atoms with Crippen molar-refractivity contribution in [2.45, 2.75) is 25.0 Å². The number of ketones is 1. The van der Waals surface area contributed by atoms with Crippen molar-refractivity contribution in [3.8, 4) is 0 Å². The molecule has 3 rings (SSSR count). The lowest BCUT2D eigenvalue weighted by Crippen LogP contribution is -2.25. The molecular weight excluding hydrogens is 184 g/mol. The highest BCUT2D eigenvalue weighted by Gasteiger charge is 2.54. The highest BCUT2D eigenvalue weighted by molar-refractivity contribution is 8.02. The molecule has 0 radical (unpaired) electrons. The molecule has 2 bridgehead atoms. The zero-order chi connectivity index (χ0) is 9.00. The highest BCUT2D eigenvalue weighted by Crippen LogP contribution is 2.51. The molecular formula is C10H12O2S. The van der Waals surface area contributed by atoms with Crippen molar-refractivity contribution in [1.82, 2.24) is 0 Å². The van der Waals surface area contributed by atoms with Gasteiger partial charge < -0.3 is 4.74 Å². The first kappa shape index (κ1) is 8.06. The lowest BCUT2D eigenvalue weighted by atomic mass is 9.85. The van der Waals surface area contributed by atoms with Gasteiger partial charge in [0.05, 0.1) is 18.1 Å². The number of carbonyl (C=O) groups excluding carboxylic acids is 1. The monoisotopic (exact) mass is 196 g/mol. The molecule has 2 heterocycles. The minimum atomic E-state index is 0.118. The molecule has 13 heavy (non-hydrogen) atoms. The molecule has 0 aromatic rings. The fraction of sp³-hybridized carbons (Fsp3) is 0.700. The Morgan fingerprint density at radius 1 is 1.62 bits per heavy atom. The summed E-state index contributed by atoms with van der Waals surface area (Å²) in [5.74, 6) is 1.14. The number of hydrogen-bond acceptors (Lipinski definition) is 3. The van der Waals surface area contributed by atoms with Crippen LogP contribution in [0.4, 0.5) is 0 Å². The number of fused-ring (bicyclic) bond motifs is 5. The number of rotatable bonds is 1. The average molecular weight is 196 g/mol. The topological polar surface area (TPSA) is 26.3 Å². The summed E-state index contributed by atoms with van der Waals surface area (Å²) in [6, 6.07) is 0. The zero-order valence-corrected chi connectivity index (χ0v) is 8.34. The van der Waals surface area contributed by atoms with Gasteiger partial charge in [-0.3, -0.25) is 4.79 Å². The Morgan fingerprint density at radius 2 is 2.46 bits per heavy atom. The van der Waals surface area contributed by atoms with Crippen LogP contribution in [-0.2, 0) is 9.53 Å². The van der Waals surface area contributed by atoms with Gasteiger partial charge in [0.1, 0.15) is 5.78 Å². The summed E-state index contributed by atoms with van der Waals surface area (Å²) in [6.07, 6.45) is 6.44. The average Bonchev–Trinajstić information content (AvgIpc) is 2.76. The SMILES string of the molecule is CSC1=C[C@H]2O[C@@H]1[C@@H]1CCC(=O)[C@@H]12. The Kier molecular flexibility index (Phi) is 1.62. The minimum absolute atomic E-state index is 0.118. The third kappa shape index (κ3) is 0.919. The molecule has 0 N–H and O–H groups in total. The molecule has 3 aliphatic rings. The molecule has 0 amide bonds. The summed E-state index contributed by atoms with van der Waals surface area (Å²) >= 11 is 1.77. The van der Waals surface area contributed by atoms with Crippen LogP contribution in [0.5, 0.6) is 0 Å². The Labute approximate surface area is 81.7 Å². The molecule has 2 fully saturated rings. The first-order valence-corrected chi connectivity index (χ1v) is 5.97. The van der Waals surface area contributed by atoms with Crippen LogP contribution in [0.1, 0.15) is 12.8 Å². The van der Waals surface area contributed by atoms with Gasteiger partial charge in [-0.1, -0.05) is 0 Å². The summed E-state index contributed by atoms with van der Waals surface area (Å²) < 4.78 is 5.78. The maximum absolute atomic E-state index is 11.5. The lowest BCUT2D eigenvalue weighted by Gasteiger charge is -2.19. The van der Waals surface area contributed by atoms with Crippen LogP contribution >= 0.6 is 11.8 Å². The summed E-state index contributed by atoms with van der Waals surface area (Å²) in [6.45, 7) is 0. The van der Waals surface area contributed by atoms with Gasteiger partial charge in [0.2, 0.25) is 0 Å². The number of thioether (sulfide) groups is 1. The third-order valence-corrected chi connectivity index (χ3v) is 4.29. The van der Waals surface area contributed by atoms with E-state index in [-0.39, 0.29) is 18.1 Å². The van der Waals surface area contributed by atoms with Gasteiger partial charge in [-0.05, 0) is 18.8 Å². The number of Topliss-reactive ketones (excluding diaryl/α,β-unsaturated/α-hetero) is 1. The number of hydrogen-bond donors (Lipinski definition) is 0. The second-order valence-electron chi connectivity index (χ2n) is 3.99. The van der Waals surface area contributed by atoms with Crippen LogP contribution in [0.3, 0.4) is 0 Å². The van der Waals surface area contributed by atoms with E-state index in [0.717, 1.165) is 12.8 Å². The predicted octanol–water partition coefficient (Wildman–Crippen LogP) is 1.61. The van der Waals surface area contributed by atoms with E-state index in [4.69, 9.17) is 4.74 Å². The molecule has 1 aliphatic carbocycles. The Balaban J connectivity index is 1.96. The molecule has 0 aromatic carbocycles. The van der Waals surface area contributed by atoms with Crippen molar-refractivity contribution < 1.29 is 9.53 Å². The second kappa shape index (κ2) is 2.61. The fourth-order valence-electron chi connectivity index (χ4n) is 2.88. The molecule has 1 saturated carbocycles. The van der Waals surface area contributed by atoms with Crippen molar-refractivity contribution in [2.24, 2.45) is 11.8 Å². The van der Waals surface area contributed by atoms with Crippen molar-refractivity contribution in [1.29, 1.82) is 0 Å². The van der Waals surface area contributed by atoms with Crippen LogP contribution in [0.15, 0.2) is 11.0 Å². The minimum Gasteiger partial charge on any atom is -0.365 e. The third-order valence-electron chi connectivity index (χ3n) is 3.45. The first-order valence-electron chi connectivity index (χ1n) is 4.75. The van der Waals surface area contributed by atoms with E-state index in [1.54, 1.807) is 11.8 Å². The quantitative estimate of drug-likeness (QED) is 0.637. The Morgan fingerprint density at radius 3 is 3.23 bits per heavy atom. The van der Waals surface area contributed by atoms with E-state index in [9.17, 15) is 4.79 Å². The van der Waals surface area contributed by atoms with Crippen LogP contribution in [0.25, 0.3) is 0 Å². The van der Waals surface area contributed by atoms with Crippen LogP contribution in [-0.4, -0.2) is 24.2 Å². The van der Waals surface area contributed by atoms with E-state index in [1.165, 1.54) is 4.91 Å². The van der Waals surface area contributed by atoms with Crippen LogP contribution in [0.2, 0.25) is 0 Å². The molecule has 4 atom stereocenters. The van der Waals surface area contributed by atoms with Crippen molar-refractivity contribution in [3.05, 3.63) is 11.0 Å². The van der Waals surface area contributed by atoms with Gasteiger partial charge >= 0.3 is 0 Å². The van der Waals surface area contributed by atoms with Gasteiger partial charge in [-0.2, -0.15) is 0 Å². The lowest BCUT2D eigenvalue weighted by molar-refractivity contribution is -0.122. The van der Waals surface area contributed by atoms with Crippen molar-refractivity contribution in [3.63, 3.8) is 0 Å². The van der Waals surface area contributed by atoms with Crippen LogP contribution in [0, 0.1) is 11.8 Å². The standard InChI is InChI=1S/C10H12O2S/c1-13-8-4-7-9-5(10(8)12-7)2-3-6(9)11/h4-5,7,9-10H,2-3H2,1H3/t5-,7-,9-,10-/m1/s1.